The quantitative estimate of drug-likeness (QED) is 0.499. The molecule has 2 aromatic carbocycles. The Morgan fingerprint density at radius 3 is 1.59 bits per heavy atom. The molecule has 2 aromatic rings. The van der Waals surface area contributed by atoms with Crippen molar-refractivity contribution in [2.75, 3.05) is 25.7 Å². The fourth-order valence-electron chi connectivity index (χ4n) is 2.05. The summed E-state index contributed by atoms with van der Waals surface area (Å²) in [5.74, 6) is 0.845. The lowest BCUT2D eigenvalue weighted by atomic mass is 10.3. The van der Waals surface area contributed by atoms with Gasteiger partial charge in [0.05, 0.1) is 22.3 Å². The Hall–Kier alpha value is -1.84. The van der Waals surface area contributed by atoms with Gasteiger partial charge in [0.25, 0.3) is 0 Å². The molecule has 2 unspecified atom stereocenters. The minimum Gasteiger partial charge on any atom is -0.491 e. The number of aliphatic hydroxyl groups is 3. The zero-order valence-corrected chi connectivity index (χ0v) is 15.9. The monoisotopic (exact) mass is 416 g/mol. The molecule has 2 atom stereocenters. The molecule has 9 heteroatoms. The fourth-order valence-corrected chi connectivity index (χ4v) is 3.40. The molecule has 0 saturated carbocycles. The third-order valence-corrected chi connectivity index (χ3v) is 5.68. The summed E-state index contributed by atoms with van der Waals surface area (Å²) in [6, 6.07) is 11.6. The zero-order valence-electron chi connectivity index (χ0n) is 14.4. The molecule has 0 bridgehead atoms. The number of benzene rings is 2. The van der Waals surface area contributed by atoms with E-state index in [9.17, 15) is 18.6 Å². The van der Waals surface area contributed by atoms with Crippen LogP contribution in [0.5, 0.6) is 11.5 Å². The zero-order chi connectivity index (χ0) is 19.9. The van der Waals surface area contributed by atoms with Crippen LogP contribution in [0.1, 0.15) is 0 Å². The standard InChI is InChI=1S/C18H21ClO7S/c19-9-13(21)11-25-15-1-5-17(6-2-15)27(23,24)18-7-3-16(4-8-18)26-12-14(22)10-20/h1-8,13-14,20-22H,9-12H2. The molecule has 0 aliphatic rings. The maximum absolute atomic E-state index is 12.7. The molecule has 0 aliphatic carbocycles. The predicted octanol–water partition coefficient (Wildman–Crippen LogP) is 1.23. The number of alkyl halides is 1. The van der Waals surface area contributed by atoms with E-state index in [1.165, 1.54) is 48.5 Å². The van der Waals surface area contributed by atoms with Gasteiger partial charge >= 0.3 is 0 Å². The van der Waals surface area contributed by atoms with E-state index < -0.39 is 28.7 Å². The third kappa shape index (κ3) is 6.08. The lowest BCUT2D eigenvalue weighted by molar-refractivity contribution is 0.0536. The van der Waals surface area contributed by atoms with Crippen LogP contribution >= 0.6 is 11.6 Å². The highest BCUT2D eigenvalue weighted by Gasteiger charge is 2.18. The summed E-state index contributed by atoms with van der Waals surface area (Å²) in [5, 5.41) is 27.4. The smallest absolute Gasteiger partial charge is 0.206 e. The van der Waals surface area contributed by atoms with Crippen molar-refractivity contribution in [3.8, 4) is 11.5 Å². The Morgan fingerprint density at radius 2 is 1.22 bits per heavy atom. The van der Waals surface area contributed by atoms with Crippen LogP contribution in [0.4, 0.5) is 0 Å². The molecule has 0 spiro atoms. The van der Waals surface area contributed by atoms with Crippen molar-refractivity contribution in [3.63, 3.8) is 0 Å². The summed E-state index contributed by atoms with van der Waals surface area (Å²) in [7, 11) is -3.72. The van der Waals surface area contributed by atoms with E-state index in [2.05, 4.69) is 0 Å². The lowest BCUT2D eigenvalue weighted by Gasteiger charge is -2.11. The summed E-state index contributed by atoms with van der Waals surface area (Å²) < 4.78 is 35.9. The first-order valence-electron chi connectivity index (χ1n) is 8.10. The van der Waals surface area contributed by atoms with Gasteiger partial charge in [-0.15, -0.1) is 11.6 Å². The van der Waals surface area contributed by atoms with Gasteiger partial charge in [0.2, 0.25) is 9.84 Å². The number of aliphatic hydroxyl groups excluding tert-OH is 3. The first kappa shape index (κ1) is 21.5. The first-order chi connectivity index (χ1) is 12.9. The average Bonchev–Trinajstić information content (AvgIpc) is 2.70. The Bertz CT molecular complexity index is 743. The van der Waals surface area contributed by atoms with Crippen LogP contribution in [0.15, 0.2) is 58.3 Å². The van der Waals surface area contributed by atoms with E-state index in [1.807, 2.05) is 0 Å². The van der Waals surface area contributed by atoms with E-state index in [-0.39, 0.29) is 28.9 Å². The Balaban J connectivity index is 2.06. The molecule has 0 radical (unpaired) electrons. The van der Waals surface area contributed by atoms with Gasteiger partial charge in [-0.3, -0.25) is 0 Å². The fraction of sp³-hybridized carbons (Fsp3) is 0.333. The molecule has 0 saturated heterocycles. The molecule has 27 heavy (non-hydrogen) atoms. The van der Waals surface area contributed by atoms with Gasteiger partial charge in [0.1, 0.15) is 36.9 Å². The number of hydrogen-bond acceptors (Lipinski definition) is 7. The number of rotatable bonds is 10. The van der Waals surface area contributed by atoms with Crippen LogP contribution in [-0.2, 0) is 9.84 Å². The lowest BCUT2D eigenvalue weighted by Crippen LogP contribution is -2.21. The van der Waals surface area contributed by atoms with E-state index in [1.54, 1.807) is 0 Å². The van der Waals surface area contributed by atoms with Crippen molar-refractivity contribution < 1.29 is 33.2 Å². The second kappa shape index (κ2) is 9.91. The normalized spacial score (nSPS) is 13.8. The van der Waals surface area contributed by atoms with Crippen molar-refractivity contribution in [1.29, 1.82) is 0 Å². The van der Waals surface area contributed by atoms with Crippen LogP contribution < -0.4 is 9.47 Å². The van der Waals surface area contributed by atoms with Gasteiger partial charge in [0, 0.05) is 0 Å². The van der Waals surface area contributed by atoms with E-state index >= 15 is 0 Å². The van der Waals surface area contributed by atoms with Crippen molar-refractivity contribution >= 4 is 21.4 Å². The molecule has 0 heterocycles. The van der Waals surface area contributed by atoms with Crippen LogP contribution in [0.25, 0.3) is 0 Å². The summed E-state index contributed by atoms with van der Waals surface area (Å²) in [4.78, 5) is 0.181. The van der Waals surface area contributed by atoms with Crippen molar-refractivity contribution in [1.82, 2.24) is 0 Å². The van der Waals surface area contributed by atoms with Gasteiger partial charge in [-0.05, 0) is 48.5 Å². The topological polar surface area (TPSA) is 113 Å². The molecule has 7 nitrogen and oxygen atoms in total. The number of hydrogen-bond donors (Lipinski definition) is 3. The number of sulfone groups is 1. The SMILES string of the molecule is O=S(=O)(c1ccc(OCC(O)CO)cc1)c1ccc(OCC(O)CCl)cc1. The van der Waals surface area contributed by atoms with Crippen molar-refractivity contribution in [2.45, 2.75) is 22.0 Å². The van der Waals surface area contributed by atoms with Crippen LogP contribution in [0.2, 0.25) is 0 Å². The number of ether oxygens (including phenoxy) is 2. The first-order valence-corrected chi connectivity index (χ1v) is 10.1. The minimum absolute atomic E-state index is 0.0159. The highest BCUT2D eigenvalue weighted by Crippen LogP contribution is 2.25. The Morgan fingerprint density at radius 1 is 0.815 bits per heavy atom. The van der Waals surface area contributed by atoms with Gasteiger partial charge in [0.15, 0.2) is 0 Å². The Labute approximate surface area is 162 Å². The molecule has 2 rings (SSSR count). The molecule has 0 amide bonds. The van der Waals surface area contributed by atoms with Crippen LogP contribution in [0.3, 0.4) is 0 Å². The largest absolute Gasteiger partial charge is 0.491 e. The second-order valence-electron chi connectivity index (χ2n) is 5.71. The molecule has 3 N–H and O–H groups in total. The maximum Gasteiger partial charge on any atom is 0.206 e. The van der Waals surface area contributed by atoms with Crippen molar-refractivity contribution in [2.24, 2.45) is 0 Å². The Kier molecular flexibility index (Phi) is 7.88. The van der Waals surface area contributed by atoms with Gasteiger partial charge in [-0.2, -0.15) is 0 Å². The maximum atomic E-state index is 12.7. The van der Waals surface area contributed by atoms with Crippen LogP contribution in [-0.4, -0.2) is 61.6 Å². The molecular formula is C18H21ClO7S. The minimum atomic E-state index is -3.72. The van der Waals surface area contributed by atoms with E-state index in [0.29, 0.717) is 11.5 Å². The van der Waals surface area contributed by atoms with Gasteiger partial charge < -0.3 is 24.8 Å². The second-order valence-corrected chi connectivity index (χ2v) is 7.97. The summed E-state index contributed by atoms with van der Waals surface area (Å²) in [6.45, 7) is -0.498. The predicted molar refractivity (Wildman–Crippen MR) is 99.1 cm³/mol. The third-order valence-electron chi connectivity index (χ3n) is 3.54. The van der Waals surface area contributed by atoms with E-state index in [4.69, 9.17) is 26.2 Å². The average molecular weight is 417 g/mol. The van der Waals surface area contributed by atoms with Gasteiger partial charge in [-0.1, -0.05) is 0 Å². The van der Waals surface area contributed by atoms with Crippen molar-refractivity contribution in [3.05, 3.63) is 48.5 Å². The highest BCUT2D eigenvalue weighted by molar-refractivity contribution is 7.91. The molecule has 148 valence electrons. The van der Waals surface area contributed by atoms with Gasteiger partial charge in [-0.25, -0.2) is 8.42 Å². The summed E-state index contributed by atoms with van der Waals surface area (Å²) in [5.41, 5.74) is 0. The van der Waals surface area contributed by atoms with Crippen LogP contribution in [0, 0.1) is 0 Å². The molecule has 0 aliphatic heterocycles. The highest BCUT2D eigenvalue weighted by atomic mass is 35.5. The molecular weight excluding hydrogens is 396 g/mol. The van der Waals surface area contributed by atoms with E-state index in [0.717, 1.165) is 0 Å². The number of halogens is 1. The summed E-state index contributed by atoms with van der Waals surface area (Å²) in [6.07, 6.45) is -1.80. The summed E-state index contributed by atoms with van der Waals surface area (Å²) >= 11 is 5.48. The molecule has 0 aromatic heterocycles. The molecule has 0 fully saturated rings.